The third-order valence-electron chi connectivity index (χ3n) is 5.34. The molecule has 0 spiro atoms. The predicted molar refractivity (Wildman–Crippen MR) is 107 cm³/mol. The number of rotatable bonds is 4. The summed E-state index contributed by atoms with van der Waals surface area (Å²) in [5.74, 6) is 0.212. The lowest BCUT2D eigenvalue weighted by molar-refractivity contribution is 0.0676. The monoisotopic (exact) mass is 405 g/mol. The average molecular weight is 406 g/mol. The van der Waals surface area contributed by atoms with E-state index in [-0.39, 0.29) is 34.9 Å². The number of hydrogen-bond donors (Lipinski definition) is 3. The van der Waals surface area contributed by atoms with Crippen LogP contribution in [0.4, 0.5) is 0 Å². The van der Waals surface area contributed by atoms with Gasteiger partial charge >= 0.3 is 0 Å². The molecule has 0 bridgehead atoms. The molecule has 0 aliphatic carbocycles. The fourth-order valence-electron chi connectivity index (χ4n) is 3.58. The van der Waals surface area contributed by atoms with Gasteiger partial charge in [0.15, 0.2) is 5.75 Å². The molecule has 1 aromatic carbocycles. The number of aromatic hydroxyl groups is 1. The Kier molecular flexibility index (Phi) is 5.96. The molecule has 1 fully saturated rings. The molecule has 1 aliphatic rings. The first-order valence-corrected chi connectivity index (χ1v) is 9.50. The number of amides is 1. The minimum atomic E-state index is -0.375. The number of pyridine rings is 1. The number of benzene rings is 1. The minimum Gasteiger partial charge on any atom is -0.508 e. The van der Waals surface area contributed by atoms with Crippen LogP contribution in [0.5, 0.6) is 11.5 Å². The largest absolute Gasteiger partial charge is 0.508 e. The summed E-state index contributed by atoms with van der Waals surface area (Å²) >= 11 is 6.18. The number of nitrogens with zero attached hydrogens (tertiary/aromatic N) is 1. The Balaban J connectivity index is 1.68. The molecule has 0 unspecified atom stereocenters. The van der Waals surface area contributed by atoms with Gasteiger partial charge in [-0.1, -0.05) is 11.6 Å². The van der Waals surface area contributed by atoms with Crippen molar-refractivity contribution in [1.29, 1.82) is 0 Å². The zero-order valence-corrected chi connectivity index (χ0v) is 16.6. The molecule has 2 aromatic rings. The number of aryl methyl sites for hydroxylation is 1. The number of methoxy groups -OCH3 is 1. The van der Waals surface area contributed by atoms with E-state index < -0.39 is 0 Å². The molecule has 1 atom stereocenters. The van der Waals surface area contributed by atoms with E-state index in [1.807, 2.05) is 6.92 Å². The fraction of sp³-hybridized carbons (Fsp3) is 0.400. The van der Waals surface area contributed by atoms with Crippen molar-refractivity contribution in [2.75, 3.05) is 20.2 Å². The van der Waals surface area contributed by atoms with Crippen LogP contribution in [0.1, 0.15) is 40.4 Å². The minimum absolute atomic E-state index is 0.106. The van der Waals surface area contributed by atoms with Gasteiger partial charge < -0.3 is 25.5 Å². The summed E-state index contributed by atoms with van der Waals surface area (Å²) in [6.45, 7) is 2.91. The van der Waals surface area contributed by atoms with Gasteiger partial charge in [0.25, 0.3) is 11.5 Å². The van der Waals surface area contributed by atoms with E-state index in [1.54, 1.807) is 17.0 Å². The molecule has 8 heteroatoms. The van der Waals surface area contributed by atoms with Crippen LogP contribution in [-0.2, 0) is 0 Å². The number of likely N-dealkylation sites (tertiary alicyclic amines) is 1. The number of halogens is 1. The van der Waals surface area contributed by atoms with E-state index in [1.165, 1.54) is 19.4 Å². The number of aromatic nitrogens is 1. The Morgan fingerprint density at radius 1 is 1.36 bits per heavy atom. The summed E-state index contributed by atoms with van der Waals surface area (Å²) < 4.78 is 4.98. The summed E-state index contributed by atoms with van der Waals surface area (Å²) in [5, 5.41) is 10.8. The lowest BCUT2D eigenvalue weighted by Gasteiger charge is -2.35. The standard InChI is InChI=1S/C20H24ClN3O4/c1-11-7-16(25)14(9-15(11)21)18(22)12-3-5-24(6-4-12)20(27)13-8-17(28-2)19(26)23-10-13/h7-10,12,18,25H,3-6,22H2,1-2H3,(H,23,26)/t18-/m1/s1. The number of piperidine rings is 1. The zero-order valence-electron chi connectivity index (χ0n) is 15.9. The summed E-state index contributed by atoms with van der Waals surface area (Å²) in [5.41, 5.74) is 7.83. The van der Waals surface area contributed by atoms with Crippen molar-refractivity contribution in [1.82, 2.24) is 9.88 Å². The lowest BCUT2D eigenvalue weighted by atomic mass is 9.85. The maximum atomic E-state index is 12.7. The molecule has 0 saturated carbocycles. The second-order valence-corrected chi connectivity index (χ2v) is 7.51. The van der Waals surface area contributed by atoms with Crippen LogP contribution in [-0.4, -0.2) is 41.1 Å². The summed E-state index contributed by atoms with van der Waals surface area (Å²) in [6.07, 6.45) is 2.81. The molecule has 1 saturated heterocycles. The Bertz CT molecular complexity index is 936. The van der Waals surface area contributed by atoms with Crippen molar-refractivity contribution in [3.05, 3.63) is 56.5 Å². The summed E-state index contributed by atoms with van der Waals surface area (Å²) in [6, 6.07) is 4.44. The Hall–Kier alpha value is -2.51. The second-order valence-electron chi connectivity index (χ2n) is 7.10. The smallest absolute Gasteiger partial charge is 0.290 e. The van der Waals surface area contributed by atoms with Crippen molar-refractivity contribution in [2.45, 2.75) is 25.8 Å². The first-order chi connectivity index (χ1) is 13.3. The highest BCUT2D eigenvalue weighted by molar-refractivity contribution is 6.31. The van der Waals surface area contributed by atoms with Crippen LogP contribution >= 0.6 is 11.6 Å². The predicted octanol–water partition coefficient (Wildman–Crippen LogP) is 2.60. The SMILES string of the molecule is COc1cc(C(=O)N2CCC([C@@H](N)c3cc(Cl)c(C)cc3O)CC2)c[nH]c1=O. The molecule has 150 valence electrons. The second kappa shape index (κ2) is 8.24. The Labute approximate surface area is 168 Å². The van der Waals surface area contributed by atoms with Gasteiger partial charge in [-0.3, -0.25) is 9.59 Å². The van der Waals surface area contributed by atoms with E-state index in [4.69, 9.17) is 22.1 Å². The number of nitrogens with one attached hydrogen (secondary N) is 1. The van der Waals surface area contributed by atoms with Gasteiger partial charge in [-0.05, 0) is 43.4 Å². The highest BCUT2D eigenvalue weighted by Gasteiger charge is 2.29. The number of ether oxygens (including phenoxy) is 1. The molecule has 0 radical (unpaired) electrons. The number of hydrogen-bond acceptors (Lipinski definition) is 5. The van der Waals surface area contributed by atoms with Gasteiger partial charge in [-0.25, -0.2) is 0 Å². The van der Waals surface area contributed by atoms with Gasteiger partial charge in [0.1, 0.15) is 5.75 Å². The molecule has 1 aliphatic heterocycles. The van der Waals surface area contributed by atoms with Crippen molar-refractivity contribution in [2.24, 2.45) is 11.7 Å². The number of phenols is 1. The van der Waals surface area contributed by atoms with Crippen molar-refractivity contribution in [3.63, 3.8) is 0 Å². The van der Waals surface area contributed by atoms with Gasteiger partial charge in [0.2, 0.25) is 0 Å². The fourth-order valence-corrected chi connectivity index (χ4v) is 3.76. The Morgan fingerprint density at radius 3 is 2.68 bits per heavy atom. The first kappa shape index (κ1) is 20.2. The maximum absolute atomic E-state index is 12.7. The molecule has 2 heterocycles. The van der Waals surface area contributed by atoms with Crippen LogP contribution < -0.4 is 16.0 Å². The molecular weight excluding hydrogens is 382 g/mol. The van der Waals surface area contributed by atoms with E-state index >= 15 is 0 Å². The maximum Gasteiger partial charge on any atom is 0.290 e. The van der Waals surface area contributed by atoms with E-state index in [0.717, 1.165) is 5.56 Å². The van der Waals surface area contributed by atoms with Crippen LogP contribution in [0.15, 0.2) is 29.2 Å². The van der Waals surface area contributed by atoms with Crippen molar-refractivity contribution in [3.8, 4) is 11.5 Å². The molecule has 3 rings (SSSR count). The number of aromatic amines is 1. The molecule has 7 nitrogen and oxygen atoms in total. The van der Waals surface area contributed by atoms with Crippen molar-refractivity contribution >= 4 is 17.5 Å². The van der Waals surface area contributed by atoms with Crippen LogP contribution in [0.2, 0.25) is 5.02 Å². The van der Waals surface area contributed by atoms with Crippen LogP contribution in [0, 0.1) is 12.8 Å². The average Bonchev–Trinajstić information content (AvgIpc) is 2.70. The normalized spacial score (nSPS) is 16.1. The third kappa shape index (κ3) is 4.00. The number of carbonyl (C=O) groups is 1. The number of phenolic OH excluding ortho intramolecular Hbond substituents is 1. The van der Waals surface area contributed by atoms with E-state index in [2.05, 4.69) is 4.98 Å². The van der Waals surface area contributed by atoms with Crippen LogP contribution in [0.3, 0.4) is 0 Å². The highest BCUT2D eigenvalue weighted by Crippen LogP contribution is 2.36. The molecule has 28 heavy (non-hydrogen) atoms. The zero-order chi connectivity index (χ0) is 20.4. The lowest BCUT2D eigenvalue weighted by Crippen LogP contribution is -2.41. The molecule has 1 amide bonds. The van der Waals surface area contributed by atoms with Crippen molar-refractivity contribution < 1.29 is 14.6 Å². The molecule has 1 aromatic heterocycles. The van der Waals surface area contributed by atoms with Gasteiger partial charge in [-0.2, -0.15) is 0 Å². The highest BCUT2D eigenvalue weighted by atomic mass is 35.5. The quantitative estimate of drug-likeness (QED) is 0.724. The van der Waals surface area contributed by atoms with Gasteiger partial charge in [0, 0.05) is 42.0 Å². The number of H-pyrrole nitrogens is 1. The first-order valence-electron chi connectivity index (χ1n) is 9.12. The van der Waals surface area contributed by atoms with Gasteiger partial charge in [0.05, 0.1) is 12.7 Å². The molecular formula is C20H24ClN3O4. The number of carbonyl (C=O) groups excluding carboxylic acids is 1. The number of nitrogens with two attached hydrogens (primary N) is 1. The molecule has 4 N–H and O–H groups in total. The Morgan fingerprint density at radius 2 is 2.04 bits per heavy atom. The third-order valence-corrected chi connectivity index (χ3v) is 5.74. The van der Waals surface area contributed by atoms with E-state index in [9.17, 15) is 14.7 Å². The summed E-state index contributed by atoms with van der Waals surface area (Å²) in [4.78, 5) is 28.5. The summed E-state index contributed by atoms with van der Waals surface area (Å²) in [7, 11) is 1.39. The van der Waals surface area contributed by atoms with E-state index in [0.29, 0.717) is 42.1 Å². The van der Waals surface area contributed by atoms with Gasteiger partial charge in [-0.15, -0.1) is 0 Å². The topological polar surface area (TPSA) is 109 Å². The van der Waals surface area contributed by atoms with Crippen LogP contribution in [0.25, 0.3) is 0 Å².